The number of hydrogen-bond donors (Lipinski definition) is 3. The van der Waals surface area contributed by atoms with Gasteiger partial charge in [-0.05, 0) is 25.2 Å². The third-order valence-corrected chi connectivity index (χ3v) is 4.17. The second-order valence-corrected chi connectivity index (χ2v) is 6.08. The molecule has 0 aromatic heterocycles. The largest absolute Gasteiger partial charge is 0.480 e. The van der Waals surface area contributed by atoms with Gasteiger partial charge in [0.2, 0.25) is 5.91 Å². The topological polar surface area (TPSA) is 87.7 Å². The number of amides is 1. The standard InChI is InChI=1S/C16H30N2O4/c1-3-6-13(16(20)21)18-11-15(19)17-9-10-22-14-8-5-4-7-12(14)2/h12-14,18H,3-11H2,1-2H3,(H,17,19)(H,20,21). The molecule has 0 heterocycles. The van der Waals surface area contributed by atoms with E-state index in [0.29, 0.717) is 31.6 Å². The van der Waals surface area contributed by atoms with E-state index < -0.39 is 12.0 Å². The van der Waals surface area contributed by atoms with Crippen LogP contribution in [0.15, 0.2) is 0 Å². The Kier molecular flexibility index (Phi) is 9.08. The zero-order chi connectivity index (χ0) is 16.4. The zero-order valence-corrected chi connectivity index (χ0v) is 13.8. The number of rotatable bonds is 10. The van der Waals surface area contributed by atoms with Crippen molar-refractivity contribution in [1.29, 1.82) is 0 Å². The highest BCUT2D eigenvalue weighted by atomic mass is 16.5. The Morgan fingerprint density at radius 2 is 2.05 bits per heavy atom. The van der Waals surface area contributed by atoms with Crippen molar-refractivity contribution in [2.24, 2.45) is 5.92 Å². The highest BCUT2D eigenvalue weighted by Gasteiger charge is 2.21. The summed E-state index contributed by atoms with van der Waals surface area (Å²) in [5.74, 6) is -0.511. The minimum Gasteiger partial charge on any atom is -0.480 e. The summed E-state index contributed by atoms with van der Waals surface area (Å²) in [4.78, 5) is 22.6. The Balaban J connectivity index is 2.11. The molecule has 0 aromatic carbocycles. The van der Waals surface area contributed by atoms with Crippen molar-refractivity contribution in [3.05, 3.63) is 0 Å². The number of carboxylic acids is 1. The van der Waals surface area contributed by atoms with Gasteiger partial charge in [0.15, 0.2) is 0 Å². The van der Waals surface area contributed by atoms with Crippen molar-refractivity contribution in [1.82, 2.24) is 10.6 Å². The lowest BCUT2D eigenvalue weighted by atomic mass is 9.88. The van der Waals surface area contributed by atoms with E-state index in [1.165, 1.54) is 19.3 Å². The lowest BCUT2D eigenvalue weighted by Crippen LogP contribution is -2.43. The molecular formula is C16H30N2O4. The molecule has 3 atom stereocenters. The smallest absolute Gasteiger partial charge is 0.320 e. The van der Waals surface area contributed by atoms with Crippen LogP contribution in [0.2, 0.25) is 0 Å². The lowest BCUT2D eigenvalue weighted by Gasteiger charge is -2.28. The van der Waals surface area contributed by atoms with Crippen molar-refractivity contribution in [3.63, 3.8) is 0 Å². The zero-order valence-electron chi connectivity index (χ0n) is 13.8. The average molecular weight is 314 g/mol. The molecule has 6 nitrogen and oxygen atoms in total. The van der Waals surface area contributed by atoms with E-state index in [1.54, 1.807) is 0 Å². The van der Waals surface area contributed by atoms with Crippen molar-refractivity contribution < 1.29 is 19.4 Å². The Hall–Kier alpha value is -1.14. The number of ether oxygens (including phenoxy) is 1. The van der Waals surface area contributed by atoms with Gasteiger partial charge < -0.3 is 15.2 Å². The predicted octanol–water partition coefficient (Wildman–Crippen LogP) is 1.54. The van der Waals surface area contributed by atoms with Gasteiger partial charge >= 0.3 is 5.97 Å². The maximum absolute atomic E-state index is 11.7. The van der Waals surface area contributed by atoms with Gasteiger partial charge in [-0.3, -0.25) is 14.9 Å². The van der Waals surface area contributed by atoms with Gasteiger partial charge in [-0.2, -0.15) is 0 Å². The molecule has 1 rings (SSSR count). The monoisotopic (exact) mass is 314 g/mol. The molecule has 0 radical (unpaired) electrons. The number of hydrogen-bond acceptors (Lipinski definition) is 4. The van der Waals surface area contributed by atoms with Crippen LogP contribution in [0.3, 0.4) is 0 Å². The highest BCUT2D eigenvalue weighted by molar-refractivity contribution is 5.79. The second-order valence-electron chi connectivity index (χ2n) is 6.08. The number of aliphatic carboxylic acids is 1. The van der Waals surface area contributed by atoms with E-state index >= 15 is 0 Å². The van der Waals surface area contributed by atoms with Crippen LogP contribution in [-0.4, -0.2) is 48.8 Å². The molecular weight excluding hydrogens is 284 g/mol. The molecule has 1 saturated carbocycles. The summed E-state index contributed by atoms with van der Waals surface area (Å²) >= 11 is 0. The Morgan fingerprint density at radius 3 is 2.68 bits per heavy atom. The van der Waals surface area contributed by atoms with Crippen LogP contribution < -0.4 is 10.6 Å². The summed E-state index contributed by atoms with van der Waals surface area (Å²) in [5, 5.41) is 14.5. The number of nitrogens with one attached hydrogen (secondary N) is 2. The minimum atomic E-state index is -0.913. The van der Waals surface area contributed by atoms with Crippen LogP contribution >= 0.6 is 0 Å². The first-order valence-corrected chi connectivity index (χ1v) is 8.39. The molecule has 22 heavy (non-hydrogen) atoms. The van der Waals surface area contributed by atoms with Gasteiger partial charge in [0.25, 0.3) is 0 Å². The predicted molar refractivity (Wildman–Crippen MR) is 84.7 cm³/mol. The van der Waals surface area contributed by atoms with E-state index in [4.69, 9.17) is 9.84 Å². The molecule has 0 spiro atoms. The molecule has 3 unspecified atom stereocenters. The molecule has 6 heteroatoms. The van der Waals surface area contributed by atoms with Crippen LogP contribution in [0.25, 0.3) is 0 Å². The molecule has 1 amide bonds. The molecule has 0 bridgehead atoms. The van der Waals surface area contributed by atoms with E-state index in [-0.39, 0.29) is 12.5 Å². The number of carbonyl (C=O) groups excluding carboxylic acids is 1. The van der Waals surface area contributed by atoms with Gasteiger partial charge in [-0.15, -0.1) is 0 Å². The summed E-state index contributed by atoms with van der Waals surface area (Å²) in [6.45, 7) is 5.14. The number of carboxylic acid groups (broad SMARTS) is 1. The van der Waals surface area contributed by atoms with Crippen molar-refractivity contribution in [3.8, 4) is 0 Å². The van der Waals surface area contributed by atoms with Crippen LogP contribution in [0.4, 0.5) is 0 Å². The molecule has 0 aliphatic heterocycles. The first-order valence-electron chi connectivity index (χ1n) is 8.39. The summed E-state index contributed by atoms with van der Waals surface area (Å²) in [7, 11) is 0. The molecule has 1 aliphatic carbocycles. The summed E-state index contributed by atoms with van der Waals surface area (Å²) in [6, 6.07) is -0.657. The van der Waals surface area contributed by atoms with Crippen molar-refractivity contribution in [2.45, 2.75) is 64.5 Å². The van der Waals surface area contributed by atoms with Crippen molar-refractivity contribution in [2.75, 3.05) is 19.7 Å². The quantitative estimate of drug-likeness (QED) is 0.532. The first-order chi connectivity index (χ1) is 10.5. The Bertz CT molecular complexity index is 349. The fourth-order valence-electron chi connectivity index (χ4n) is 2.81. The maximum atomic E-state index is 11.7. The van der Waals surface area contributed by atoms with E-state index in [9.17, 15) is 9.59 Å². The normalized spacial score (nSPS) is 23.0. The van der Waals surface area contributed by atoms with E-state index in [1.807, 2.05) is 6.92 Å². The Morgan fingerprint density at radius 1 is 1.32 bits per heavy atom. The molecule has 128 valence electrons. The van der Waals surface area contributed by atoms with Gasteiger partial charge in [0.05, 0.1) is 19.3 Å². The third kappa shape index (κ3) is 7.22. The Labute approximate surface area is 133 Å². The van der Waals surface area contributed by atoms with Gasteiger partial charge in [-0.25, -0.2) is 0 Å². The van der Waals surface area contributed by atoms with Gasteiger partial charge in [0, 0.05) is 6.54 Å². The maximum Gasteiger partial charge on any atom is 0.320 e. The van der Waals surface area contributed by atoms with Crippen molar-refractivity contribution >= 4 is 11.9 Å². The lowest BCUT2D eigenvalue weighted by molar-refractivity contribution is -0.139. The fourth-order valence-corrected chi connectivity index (χ4v) is 2.81. The molecule has 3 N–H and O–H groups in total. The molecule has 1 aliphatic rings. The summed E-state index contributed by atoms with van der Waals surface area (Å²) in [6.07, 6.45) is 6.42. The van der Waals surface area contributed by atoms with Gasteiger partial charge in [-0.1, -0.05) is 33.1 Å². The van der Waals surface area contributed by atoms with Crippen LogP contribution in [0, 0.1) is 5.92 Å². The van der Waals surface area contributed by atoms with E-state index in [2.05, 4.69) is 17.6 Å². The summed E-state index contributed by atoms with van der Waals surface area (Å²) in [5.41, 5.74) is 0. The van der Waals surface area contributed by atoms with Gasteiger partial charge in [0.1, 0.15) is 6.04 Å². The molecule has 0 saturated heterocycles. The van der Waals surface area contributed by atoms with Crippen LogP contribution in [0.5, 0.6) is 0 Å². The summed E-state index contributed by atoms with van der Waals surface area (Å²) < 4.78 is 5.82. The second kappa shape index (κ2) is 10.6. The fraction of sp³-hybridized carbons (Fsp3) is 0.875. The molecule has 1 fully saturated rings. The third-order valence-electron chi connectivity index (χ3n) is 4.17. The first kappa shape index (κ1) is 18.9. The number of carbonyl (C=O) groups is 2. The van der Waals surface area contributed by atoms with Crippen LogP contribution in [-0.2, 0) is 14.3 Å². The van der Waals surface area contributed by atoms with E-state index in [0.717, 1.165) is 12.8 Å². The minimum absolute atomic E-state index is 0.0246. The highest BCUT2D eigenvalue weighted by Crippen LogP contribution is 2.25. The molecule has 0 aromatic rings. The average Bonchev–Trinajstić information content (AvgIpc) is 2.49. The van der Waals surface area contributed by atoms with Crippen LogP contribution in [0.1, 0.15) is 52.4 Å². The SMILES string of the molecule is CCCC(NCC(=O)NCCOC1CCCCC1C)C(=O)O.